The van der Waals surface area contributed by atoms with E-state index in [1.54, 1.807) is 0 Å². The van der Waals surface area contributed by atoms with Gasteiger partial charge in [0.15, 0.2) is 0 Å². The van der Waals surface area contributed by atoms with Crippen molar-refractivity contribution in [2.24, 2.45) is 5.73 Å². The Morgan fingerprint density at radius 3 is 2.79 bits per heavy atom. The first kappa shape index (κ1) is 14.5. The van der Waals surface area contributed by atoms with Gasteiger partial charge >= 0.3 is 0 Å². The van der Waals surface area contributed by atoms with Gasteiger partial charge in [-0.2, -0.15) is 0 Å². The number of benzene rings is 1. The molecular formula is C16H26N2O. The van der Waals surface area contributed by atoms with Gasteiger partial charge in [0.2, 0.25) is 0 Å². The summed E-state index contributed by atoms with van der Waals surface area (Å²) in [7, 11) is 0. The molecule has 19 heavy (non-hydrogen) atoms. The minimum Gasteiger partial charge on any atom is -0.377 e. The van der Waals surface area contributed by atoms with Crippen molar-refractivity contribution in [3.05, 3.63) is 35.4 Å². The Balaban J connectivity index is 1.94. The van der Waals surface area contributed by atoms with Crippen molar-refractivity contribution in [3.8, 4) is 0 Å². The predicted molar refractivity (Wildman–Crippen MR) is 79.2 cm³/mol. The molecule has 3 heteroatoms. The van der Waals surface area contributed by atoms with Crippen molar-refractivity contribution in [2.75, 3.05) is 26.2 Å². The molecule has 1 fully saturated rings. The highest BCUT2D eigenvalue weighted by atomic mass is 16.5. The Morgan fingerprint density at radius 2 is 2.11 bits per heavy atom. The lowest BCUT2D eigenvalue weighted by molar-refractivity contribution is 0.0668. The first-order chi connectivity index (χ1) is 9.19. The number of hydrogen-bond donors (Lipinski definition) is 1. The topological polar surface area (TPSA) is 38.5 Å². The van der Waals surface area contributed by atoms with Crippen molar-refractivity contribution in [3.63, 3.8) is 0 Å². The van der Waals surface area contributed by atoms with E-state index in [0.717, 1.165) is 32.7 Å². The molecule has 2 N–H and O–H groups in total. The smallest absolute Gasteiger partial charge is 0.0674 e. The van der Waals surface area contributed by atoms with Gasteiger partial charge in [-0.1, -0.05) is 31.2 Å². The van der Waals surface area contributed by atoms with Crippen molar-refractivity contribution in [1.29, 1.82) is 0 Å². The Hall–Kier alpha value is -0.900. The molecule has 1 aliphatic rings. The quantitative estimate of drug-likeness (QED) is 0.905. The summed E-state index contributed by atoms with van der Waals surface area (Å²) in [6, 6.07) is 8.89. The zero-order chi connectivity index (χ0) is 13.7. The SMILES string of the molecule is CC1CN(Cc2ccc(C(C)CN)cc2)CCCO1. The molecule has 1 aromatic carbocycles. The molecule has 0 aromatic heterocycles. The normalized spacial score (nSPS) is 23.0. The standard InChI is InChI=1S/C16H26N2O/c1-13(10-17)16-6-4-15(5-7-16)12-18-8-3-9-19-14(2)11-18/h4-7,13-14H,3,8-12,17H2,1-2H3. The third-order valence-electron chi connectivity index (χ3n) is 3.84. The maximum atomic E-state index is 5.70. The number of nitrogens with two attached hydrogens (primary N) is 1. The van der Waals surface area contributed by atoms with E-state index in [1.807, 2.05) is 0 Å². The van der Waals surface area contributed by atoms with Gasteiger partial charge in [0, 0.05) is 26.2 Å². The fourth-order valence-corrected chi connectivity index (χ4v) is 2.57. The molecule has 1 heterocycles. The van der Waals surface area contributed by atoms with Crippen LogP contribution in [0.1, 0.15) is 37.3 Å². The van der Waals surface area contributed by atoms with Gasteiger partial charge in [0.25, 0.3) is 0 Å². The average Bonchev–Trinajstić information content (AvgIpc) is 2.63. The van der Waals surface area contributed by atoms with Crippen LogP contribution in [0.2, 0.25) is 0 Å². The first-order valence-electron chi connectivity index (χ1n) is 7.32. The molecule has 0 aliphatic carbocycles. The number of nitrogens with zero attached hydrogens (tertiary/aromatic N) is 1. The highest BCUT2D eigenvalue weighted by molar-refractivity contribution is 5.25. The Bertz CT molecular complexity index is 377. The van der Waals surface area contributed by atoms with Crippen LogP contribution in [0.4, 0.5) is 0 Å². The Morgan fingerprint density at radius 1 is 1.37 bits per heavy atom. The van der Waals surface area contributed by atoms with Crippen LogP contribution in [0, 0.1) is 0 Å². The zero-order valence-electron chi connectivity index (χ0n) is 12.1. The second-order valence-electron chi connectivity index (χ2n) is 5.65. The summed E-state index contributed by atoms with van der Waals surface area (Å²) in [5.41, 5.74) is 8.41. The molecule has 106 valence electrons. The van der Waals surface area contributed by atoms with Gasteiger partial charge in [-0.05, 0) is 36.9 Å². The molecule has 1 aromatic rings. The minimum absolute atomic E-state index is 0.346. The van der Waals surface area contributed by atoms with Gasteiger partial charge in [0.1, 0.15) is 0 Å². The van der Waals surface area contributed by atoms with E-state index in [4.69, 9.17) is 10.5 Å². The molecule has 2 atom stereocenters. The minimum atomic E-state index is 0.346. The van der Waals surface area contributed by atoms with Gasteiger partial charge in [-0.15, -0.1) is 0 Å². The van der Waals surface area contributed by atoms with Gasteiger partial charge in [-0.3, -0.25) is 4.90 Å². The summed E-state index contributed by atoms with van der Waals surface area (Å²) >= 11 is 0. The molecule has 0 radical (unpaired) electrons. The largest absolute Gasteiger partial charge is 0.377 e. The van der Waals surface area contributed by atoms with E-state index in [0.29, 0.717) is 18.6 Å². The Kier molecular flexibility index (Phi) is 5.37. The van der Waals surface area contributed by atoms with Crippen molar-refractivity contribution in [2.45, 2.75) is 38.8 Å². The van der Waals surface area contributed by atoms with Crippen LogP contribution in [0.15, 0.2) is 24.3 Å². The van der Waals surface area contributed by atoms with E-state index in [2.05, 4.69) is 43.0 Å². The molecule has 0 saturated carbocycles. The van der Waals surface area contributed by atoms with E-state index in [9.17, 15) is 0 Å². The summed E-state index contributed by atoms with van der Waals surface area (Å²) in [6.07, 6.45) is 1.48. The summed E-state index contributed by atoms with van der Waals surface area (Å²) in [5.74, 6) is 0.445. The van der Waals surface area contributed by atoms with Gasteiger partial charge in [0.05, 0.1) is 6.10 Å². The first-order valence-corrected chi connectivity index (χ1v) is 7.32. The van der Waals surface area contributed by atoms with Crippen LogP contribution in [0.3, 0.4) is 0 Å². The van der Waals surface area contributed by atoms with Gasteiger partial charge in [-0.25, -0.2) is 0 Å². The molecule has 1 aliphatic heterocycles. The Labute approximate surface area is 116 Å². The molecule has 0 spiro atoms. The molecule has 0 bridgehead atoms. The van der Waals surface area contributed by atoms with Gasteiger partial charge < -0.3 is 10.5 Å². The number of rotatable bonds is 4. The summed E-state index contributed by atoms with van der Waals surface area (Å²) < 4.78 is 5.68. The maximum Gasteiger partial charge on any atom is 0.0674 e. The number of ether oxygens (including phenoxy) is 1. The third-order valence-corrected chi connectivity index (χ3v) is 3.84. The van der Waals surface area contributed by atoms with E-state index < -0.39 is 0 Å². The van der Waals surface area contributed by atoms with E-state index in [-0.39, 0.29) is 0 Å². The molecule has 3 nitrogen and oxygen atoms in total. The molecule has 0 amide bonds. The second-order valence-corrected chi connectivity index (χ2v) is 5.65. The van der Waals surface area contributed by atoms with Crippen molar-refractivity contribution >= 4 is 0 Å². The lowest BCUT2D eigenvalue weighted by Crippen LogP contribution is -2.29. The highest BCUT2D eigenvalue weighted by Crippen LogP contribution is 2.16. The van der Waals surface area contributed by atoms with Crippen LogP contribution in [0.25, 0.3) is 0 Å². The zero-order valence-corrected chi connectivity index (χ0v) is 12.1. The fourth-order valence-electron chi connectivity index (χ4n) is 2.57. The third kappa shape index (κ3) is 4.30. The molecule has 2 rings (SSSR count). The summed E-state index contributed by atoms with van der Waals surface area (Å²) in [6.45, 7) is 9.11. The van der Waals surface area contributed by atoms with Crippen LogP contribution in [-0.4, -0.2) is 37.2 Å². The fraction of sp³-hybridized carbons (Fsp3) is 0.625. The summed E-state index contributed by atoms with van der Waals surface area (Å²) in [5, 5.41) is 0. The van der Waals surface area contributed by atoms with Crippen molar-refractivity contribution in [1.82, 2.24) is 4.90 Å². The molecule has 2 unspecified atom stereocenters. The predicted octanol–water partition coefficient (Wildman–Crippen LogP) is 2.36. The lowest BCUT2D eigenvalue weighted by Gasteiger charge is -2.22. The maximum absolute atomic E-state index is 5.70. The van der Waals surface area contributed by atoms with E-state index >= 15 is 0 Å². The van der Waals surface area contributed by atoms with Crippen LogP contribution in [-0.2, 0) is 11.3 Å². The second kappa shape index (κ2) is 7.04. The average molecular weight is 262 g/mol. The molecule has 1 saturated heterocycles. The van der Waals surface area contributed by atoms with Crippen LogP contribution in [0.5, 0.6) is 0 Å². The van der Waals surface area contributed by atoms with E-state index in [1.165, 1.54) is 11.1 Å². The monoisotopic (exact) mass is 262 g/mol. The van der Waals surface area contributed by atoms with Crippen LogP contribution < -0.4 is 5.73 Å². The lowest BCUT2D eigenvalue weighted by atomic mass is 10.00. The number of hydrogen-bond acceptors (Lipinski definition) is 3. The van der Waals surface area contributed by atoms with Crippen LogP contribution >= 0.6 is 0 Å². The highest BCUT2D eigenvalue weighted by Gasteiger charge is 2.15. The van der Waals surface area contributed by atoms with Crippen molar-refractivity contribution < 1.29 is 4.74 Å². The molecular weight excluding hydrogens is 236 g/mol. The summed E-state index contributed by atoms with van der Waals surface area (Å²) in [4.78, 5) is 2.49.